The molecule has 6 nitrogen and oxygen atoms in total. The molecule has 0 amide bonds. The van der Waals surface area contributed by atoms with E-state index in [1.165, 1.54) is 12.4 Å². The average molecular weight is 328 g/mol. The topological polar surface area (TPSA) is 88.8 Å². The highest BCUT2D eigenvalue weighted by Gasteiger charge is 2.12. The van der Waals surface area contributed by atoms with Gasteiger partial charge in [-0.15, -0.1) is 0 Å². The zero-order valence-corrected chi connectivity index (χ0v) is 12.7. The number of hydrogen-bond acceptors (Lipinski definition) is 6. The van der Waals surface area contributed by atoms with Crippen LogP contribution in [0.2, 0.25) is 0 Å². The number of nitrogen functional groups attached to an aromatic ring is 1. The minimum atomic E-state index is -0.747. The first-order valence-electron chi connectivity index (χ1n) is 7.06. The molecule has 0 spiro atoms. The number of benzene rings is 1. The predicted molar refractivity (Wildman–Crippen MR) is 88.3 cm³/mol. The van der Waals surface area contributed by atoms with Crippen LogP contribution < -0.4 is 16.4 Å². The van der Waals surface area contributed by atoms with E-state index in [1.54, 1.807) is 6.20 Å². The standard InChI is InChI=1S/C16H14F2N6/c1-9-3-2-6-20-14(9)24-16-13(19)15(21-8-22-16)23-12-5-4-10(17)7-11(12)18/h2-8H,19H2,1H3,(H2,20,21,22,23,24). The Bertz CT molecular complexity index is 884. The van der Waals surface area contributed by atoms with Crippen molar-refractivity contribution in [2.45, 2.75) is 6.92 Å². The number of aromatic nitrogens is 3. The molecule has 0 saturated carbocycles. The number of aryl methyl sites for hydroxylation is 1. The van der Waals surface area contributed by atoms with Crippen LogP contribution in [0.15, 0.2) is 42.9 Å². The van der Waals surface area contributed by atoms with Gasteiger partial charge in [0.2, 0.25) is 0 Å². The number of pyridine rings is 1. The summed E-state index contributed by atoms with van der Waals surface area (Å²) in [6, 6.07) is 6.88. The number of anilines is 5. The SMILES string of the molecule is Cc1cccnc1Nc1ncnc(Nc2ccc(F)cc2F)c1N. The summed E-state index contributed by atoms with van der Waals surface area (Å²) in [4.78, 5) is 12.3. The van der Waals surface area contributed by atoms with Crippen molar-refractivity contribution in [2.24, 2.45) is 0 Å². The molecule has 24 heavy (non-hydrogen) atoms. The molecule has 0 atom stereocenters. The summed E-state index contributed by atoms with van der Waals surface area (Å²) < 4.78 is 26.7. The minimum absolute atomic E-state index is 0.0572. The van der Waals surface area contributed by atoms with Gasteiger partial charge in [0.05, 0.1) is 5.69 Å². The molecule has 0 aliphatic carbocycles. The van der Waals surface area contributed by atoms with Gasteiger partial charge in [0.25, 0.3) is 0 Å². The second-order valence-electron chi connectivity index (χ2n) is 5.03. The number of nitrogens with zero attached hydrogens (tertiary/aromatic N) is 3. The molecule has 122 valence electrons. The Balaban J connectivity index is 1.89. The molecule has 0 saturated heterocycles. The normalized spacial score (nSPS) is 10.5. The monoisotopic (exact) mass is 328 g/mol. The second-order valence-corrected chi connectivity index (χ2v) is 5.03. The lowest BCUT2D eigenvalue weighted by Gasteiger charge is -2.13. The van der Waals surface area contributed by atoms with Gasteiger partial charge in [0, 0.05) is 12.3 Å². The molecule has 3 aromatic rings. The summed E-state index contributed by atoms with van der Waals surface area (Å²) in [5.41, 5.74) is 7.19. The first-order valence-corrected chi connectivity index (χ1v) is 7.06. The maximum Gasteiger partial charge on any atom is 0.160 e. The van der Waals surface area contributed by atoms with Gasteiger partial charge in [0.1, 0.15) is 29.5 Å². The zero-order chi connectivity index (χ0) is 17.1. The Hall–Kier alpha value is -3.29. The Morgan fingerprint density at radius 2 is 1.71 bits per heavy atom. The summed E-state index contributed by atoms with van der Waals surface area (Å²) in [5, 5.41) is 5.74. The van der Waals surface area contributed by atoms with Gasteiger partial charge in [-0.1, -0.05) is 6.07 Å². The van der Waals surface area contributed by atoms with Gasteiger partial charge in [-0.3, -0.25) is 0 Å². The van der Waals surface area contributed by atoms with Crippen molar-refractivity contribution in [3.63, 3.8) is 0 Å². The molecule has 8 heteroatoms. The van der Waals surface area contributed by atoms with Crippen LogP contribution in [0, 0.1) is 18.6 Å². The maximum atomic E-state index is 13.8. The molecule has 0 aliphatic heterocycles. The summed E-state index contributed by atoms with van der Waals surface area (Å²) in [6.45, 7) is 1.89. The first kappa shape index (κ1) is 15.6. The molecule has 1 aromatic carbocycles. The molecule has 3 rings (SSSR count). The number of rotatable bonds is 4. The molecule has 0 fully saturated rings. The maximum absolute atomic E-state index is 13.8. The van der Waals surface area contributed by atoms with E-state index in [-0.39, 0.29) is 17.2 Å². The lowest BCUT2D eigenvalue weighted by Crippen LogP contribution is -2.07. The molecule has 2 heterocycles. The summed E-state index contributed by atoms with van der Waals surface area (Å²) in [5.74, 6) is -0.282. The molecule has 4 N–H and O–H groups in total. The van der Waals surface area contributed by atoms with Crippen LogP contribution in [0.5, 0.6) is 0 Å². The summed E-state index contributed by atoms with van der Waals surface area (Å²) in [7, 11) is 0. The number of nitrogens with two attached hydrogens (primary N) is 1. The zero-order valence-electron chi connectivity index (χ0n) is 12.7. The number of halogens is 2. The van der Waals surface area contributed by atoms with Gasteiger partial charge in [-0.05, 0) is 30.7 Å². The number of hydrogen-bond donors (Lipinski definition) is 3. The van der Waals surface area contributed by atoms with Crippen molar-refractivity contribution >= 4 is 28.8 Å². The Morgan fingerprint density at radius 3 is 2.42 bits per heavy atom. The van der Waals surface area contributed by atoms with E-state index in [4.69, 9.17) is 5.73 Å². The third-order valence-corrected chi connectivity index (χ3v) is 3.31. The van der Waals surface area contributed by atoms with E-state index in [1.807, 2.05) is 19.1 Å². The summed E-state index contributed by atoms with van der Waals surface area (Å²) in [6.07, 6.45) is 2.92. The quantitative estimate of drug-likeness (QED) is 0.679. The Morgan fingerprint density at radius 1 is 0.958 bits per heavy atom. The second kappa shape index (κ2) is 6.45. The van der Waals surface area contributed by atoms with Crippen LogP contribution >= 0.6 is 0 Å². The highest BCUT2D eigenvalue weighted by atomic mass is 19.1. The van der Waals surface area contributed by atoms with Crippen LogP contribution in [-0.2, 0) is 0 Å². The minimum Gasteiger partial charge on any atom is -0.393 e. The van der Waals surface area contributed by atoms with E-state index in [0.717, 1.165) is 17.7 Å². The highest BCUT2D eigenvalue weighted by molar-refractivity contribution is 5.80. The molecule has 0 radical (unpaired) electrons. The molecular formula is C16H14F2N6. The fourth-order valence-electron chi connectivity index (χ4n) is 2.04. The smallest absolute Gasteiger partial charge is 0.160 e. The van der Waals surface area contributed by atoms with E-state index >= 15 is 0 Å². The third kappa shape index (κ3) is 3.22. The van der Waals surface area contributed by atoms with Gasteiger partial charge in [0.15, 0.2) is 11.6 Å². The van der Waals surface area contributed by atoms with Gasteiger partial charge in [-0.2, -0.15) is 0 Å². The van der Waals surface area contributed by atoms with E-state index < -0.39 is 11.6 Å². The molecule has 0 bridgehead atoms. The largest absolute Gasteiger partial charge is 0.393 e. The van der Waals surface area contributed by atoms with Crippen molar-refractivity contribution in [1.82, 2.24) is 15.0 Å². The lowest BCUT2D eigenvalue weighted by atomic mass is 10.2. The van der Waals surface area contributed by atoms with Crippen molar-refractivity contribution in [2.75, 3.05) is 16.4 Å². The fourth-order valence-corrected chi connectivity index (χ4v) is 2.04. The van der Waals surface area contributed by atoms with Gasteiger partial charge >= 0.3 is 0 Å². The van der Waals surface area contributed by atoms with E-state index in [2.05, 4.69) is 25.6 Å². The predicted octanol–water partition coefficient (Wildman–Crippen LogP) is 3.53. The third-order valence-electron chi connectivity index (χ3n) is 3.31. The van der Waals surface area contributed by atoms with Crippen LogP contribution in [0.1, 0.15) is 5.56 Å². The first-order chi connectivity index (χ1) is 11.5. The molecule has 0 aliphatic rings. The van der Waals surface area contributed by atoms with Crippen LogP contribution in [0.3, 0.4) is 0 Å². The van der Waals surface area contributed by atoms with Crippen molar-refractivity contribution in [3.8, 4) is 0 Å². The van der Waals surface area contributed by atoms with Crippen LogP contribution in [-0.4, -0.2) is 15.0 Å². The van der Waals surface area contributed by atoms with Crippen molar-refractivity contribution in [1.29, 1.82) is 0 Å². The van der Waals surface area contributed by atoms with E-state index in [9.17, 15) is 8.78 Å². The van der Waals surface area contributed by atoms with Gasteiger partial charge in [-0.25, -0.2) is 23.7 Å². The van der Waals surface area contributed by atoms with Crippen LogP contribution in [0.25, 0.3) is 0 Å². The molecule has 2 aromatic heterocycles. The highest BCUT2D eigenvalue weighted by Crippen LogP contribution is 2.29. The molecular weight excluding hydrogens is 314 g/mol. The molecule has 0 unspecified atom stereocenters. The van der Waals surface area contributed by atoms with Gasteiger partial charge < -0.3 is 16.4 Å². The average Bonchev–Trinajstić information content (AvgIpc) is 2.55. The fraction of sp³-hybridized carbons (Fsp3) is 0.0625. The Kier molecular flexibility index (Phi) is 4.19. The number of nitrogens with one attached hydrogen (secondary N) is 2. The summed E-state index contributed by atoms with van der Waals surface area (Å²) >= 11 is 0. The van der Waals surface area contributed by atoms with Crippen molar-refractivity contribution in [3.05, 3.63) is 60.1 Å². The van der Waals surface area contributed by atoms with E-state index in [0.29, 0.717) is 11.6 Å². The Labute approximate surface area is 136 Å². The van der Waals surface area contributed by atoms with Crippen molar-refractivity contribution < 1.29 is 8.78 Å². The lowest BCUT2D eigenvalue weighted by molar-refractivity contribution is 0.586. The van der Waals surface area contributed by atoms with Crippen LogP contribution in [0.4, 0.5) is 37.6 Å².